The maximum absolute atomic E-state index is 13.3. The van der Waals surface area contributed by atoms with E-state index in [-0.39, 0.29) is 15.1 Å². The Morgan fingerprint density at radius 2 is 1.90 bits per heavy atom. The molecule has 21 heavy (non-hydrogen) atoms. The first-order valence-corrected chi connectivity index (χ1v) is 8.82. The molecular formula is C13H11Br2FN2O2S. The lowest BCUT2D eigenvalue weighted by Crippen LogP contribution is -2.15. The van der Waals surface area contributed by atoms with Gasteiger partial charge in [0.2, 0.25) is 0 Å². The van der Waals surface area contributed by atoms with Crippen molar-refractivity contribution in [3.05, 3.63) is 50.7 Å². The highest BCUT2D eigenvalue weighted by atomic mass is 79.9. The average molecular weight is 438 g/mol. The number of nitrogens with one attached hydrogen (secondary N) is 1. The van der Waals surface area contributed by atoms with Crippen LogP contribution in [0.15, 0.2) is 44.2 Å². The second-order valence-corrected chi connectivity index (χ2v) is 7.64. The largest absolute Gasteiger partial charge is 0.396 e. The van der Waals surface area contributed by atoms with Crippen LogP contribution in [0.1, 0.15) is 5.56 Å². The summed E-state index contributed by atoms with van der Waals surface area (Å²) >= 11 is 6.36. The number of aryl methyl sites for hydroxylation is 1. The normalized spacial score (nSPS) is 11.4. The molecule has 0 spiro atoms. The van der Waals surface area contributed by atoms with Gasteiger partial charge in [0.05, 0.1) is 11.4 Å². The van der Waals surface area contributed by atoms with Gasteiger partial charge < -0.3 is 5.73 Å². The Labute approximate surface area is 138 Å². The first-order valence-electron chi connectivity index (χ1n) is 5.75. The minimum Gasteiger partial charge on any atom is -0.396 e. The molecule has 0 atom stereocenters. The Balaban J connectivity index is 2.48. The number of rotatable bonds is 3. The van der Waals surface area contributed by atoms with Gasteiger partial charge in [0.1, 0.15) is 10.7 Å². The Bertz CT molecular complexity index is 810. The van der Waals surface area contributed by atoms with E-state index in [4.69, 9.17) is 5.73 Å². The van der Waals surface area contributed by atoms with Gasteiger partial charge in [-0.25, -0.2) is 12.8 Å². The second kappa shape index (κ2) is 5.94. The third-order valence-corrected chi connectivity index (χ3v) is 6.15. The van der Waals surface area contributed by atoms with Crippen molar-refractivity contribution in [3.8, 4) is 0 Å². The zero-order valence-electron chi connectivity index (χ0n) is 10.8. The highest BCUT2D eigenvalue weighted by Crippen LogP contribution is 2.31. The molecule has 3 N–H and O–H groups in total. The van der Waals surface area contributed by atoms with Gasteiger partial charge in [0.25, 0.3) is 10.0 Å². The molecule has 4 nitrogen and oxygen atoms in total. The molecule has 0 fully saturated rings. The Morgan fingerprint density at radius 3 is 2.57 bits per heavy atom. The van der Waals surface area contributed by atoms with Crippen LogP contribution in [0, 0.1) is 12.7 Å². The van der Waals surface area contributed by atoms with Crippen LogP contribution in [0.2, 0.25) is 0 Å². The molecule has 112 valence electrons. The molecule has 0 saturated carbocycles. The summed E-state index contributed by atoms with van der Waals surface area (Å²) in [6, 6.07) is 7.29. The van der Waals surface area contributed by atoms with E-state index in [1.165, 1.54) is 0 Å². The smallest absolute Gasteiger partial charge is 0.263 e. The fourth-order valence-electron chi connectivity index (χ4n) is 1.68. The molecule has 2 aromatic carbocycles. The van der Waals surface area contributed by atoms with Gasteiger partial charge in [-0.05, 0) is 62.5 Å². The fourth-order valence-corrected chi connectivity index (χ4v) is 4.29. The van der Waals surface area contributed by atoms with Crippen molar-refractivity contribution >= 4 is 53.3 Å². The van der Waals surface area contributed by atoms with Crippen molar-refractivity contribution < 1.29 is 12.8 Å². The van der Waals surface area contributed by atoms with Gasteiger partial charge in [-0.15, -0.1) is 0 Å². The van der Waals surface area contributed by atoms with E-state index in [2.05, 4.69) is 36.6 Å². The van der Waals surface area contributed by atoms with E-state index in [9.17, 15) is 12.8 Å². The van der Waals surface area contributed by atoms with Crippen LogP contribution in [-0.2, 0) is 10.0 Å². The monoisotopic (exact) mass is 436 g/mol. The molecule has 0 aliphatic heterocycles. The third kappa shape index (κ3) is 3.38. The molecule has 0 amide bonds. The second-order valence-electron chi connectivity index (χ2n) is 4.35. The summed E-state index contributed by atoms with van der Waals surface area (Å²) < 4.78 is 41.3. The summed E-state index contributed by atoms with van der Waals surface area (Å²) in [6.45, 7) is 1.84. The Hall–Kier alpha value is -1.12. The predicted octanol–water partition coefficient (Wildman–Crippen LogP) is 4.04. The van der Waals surface area contributed by atoms with E-state index < -0.39 is 15.8 Å². The molecule has 8 heteroatoms. The zero-order chi connectivity index (χ0) is 15.8. The van der Waals surface area contributed by atoms with Crippen molar-refractivity contribution in [2.45, 2.75) is 11.8 Å². The van der Waals surface area contributed by atoms with Crippen molar-refractivity contribution in [2.75, 3.05) is 10.5 Å². The van der Waals surface area contributed by atoms with Gasteiger partial charge in [0.15, 0.2) is 0 Å². The first kappa shape index (κ1) is 16.3. The average Bonchev–Trinajstić information content (AvgIpc) is 2.39. The van der Waals surface area contributed by atoms with E-state index in [1.54, 1.807) is 12.1 Å². The summed E-state index contributed by atoms with van der Waals surface area (Å²) in [5.74, 6) is -0.683. The quantitative estimate of drug-likeness (QED) is 0.711. The summed E-state index contributed by atoms with van der Waals surface area (Å²) in [7, 11) is -3.90. The molecule has 0 bridgehead atoms. The summed E-state index contributed by atoms with van der Waals surface area (Å²) in [5, 5.41) is 0. The van der Waals surface area contributed by atoms with E-state index >= 15 is 0 Å². The van der Waals surface area contributed by atoms with Crippen LogP contribution >= 0.6 is 31.9 Å². The number of nitrogen functional groups attached to an aromatic ring is 1. The number of halogens is 3. The highest BCUT2D eigenvalue weighted by Gasteiger charge is 2.21. The zero-order valence-corrected chi connectivity index (χ0v) is 14.8. The predicted molar refractivity (Wildman–Crippen MR) is 88.2 cm³/mol. The van der Waals surface area contributed by atoms with Crippen molar-refractivity contribution in [1.29, 1.82) is 0 Å². The first-order chi connectivity index (χ1) is 9.72. The fraction of sp³-hybridized carbons (Fsp3) is 0.0769. The Kier molecular flexibility index (Phi) is 4.60. The van der Waals surface area contributed by atoms with Crippen molar-refractivity contribution in [2.24, 2.45) is 0 Å². The van der Waals surface area contributed by atoms with Gasteiger partial charge >= 0.3 is 0 Å². The standard InChI is InChI=1S/C13H11Br2FN2O2S/c1-7-3-2-4-11(13(7)15)18-21(19,20)12-6-10(17)9(16)5-8(12)14/h2-6,18H,17H2,1H3. The van der Waals surface area contributed by atoms with Crippen molar-refractivity contribution in [3.63, 3.8) is 0 Å². The summed E-state index contributed by atoms with van der Waals surface area (Å²) in [5.41, 5.74) is 6.48. The van der Waals surface area contributed by atoms with Crippen LogP contribution in [0.5, 0.6) is 0 Å². The maximum atomic E-state index is 13.3. The maximum Gasteiger partial charge on any atom is 0.263 e. The van der Waals surface area contributed by atoms with Gasteiger partial charge in [-0.1, -0.05) is 12.1 Å². The van der Waals surface area contributed by atoms with Gasteiger partial charge in [-0.3, -0.25) is 4.72 Å². The topological polar surface area (TPSA) is 72.2 Å². The number of hydrogen-bond acceptors (Lipinski definition) is 3. The lowest BCUT2D eigenvalue weighted by Gasteiger charge is -2.13. The number of hydrogen-bond donors (Lipinski definition) is 2. The lowest BCUT2D eigenvalue weighted by molar-refractivity contribution is 0.599. The van der Waals surface area contributed by atoms with E-state index in [0.717, 1.165) is 17.7 Å². The molecular weight excluding hydrogens is 427 g/mol. The number of nitrogens with two attached hydrogens (primary N) is 1. The van der Waals surface area contributed by atoms with Crippen LogP contribution in [0.25, 0.3) is 0 Å². The summed E-state index contributed by atoms with van der Waals surface area (Å²) in [4.78, 5) is -0.130. The molecule has 0 aliphatic rings. The number of benzene rings is 2. The molecule has 2 aromatic rings. The minimum atomic E-state index is -3.90. The van der Waals surface area contributed by atoms with Gasteiger partial charge in [0, 0.05) is 8.95 Å². The highest BCUT2D eigenvalue weighted by molar-refractivity contribution is 9.11. The minimum absolute atomic E-state index is 0.102. The molecule has 0 unspecified atom stereocenters. The summed E-state index contributed by atoms with van der Waals surface area (Å²) in [6.07, 6.45) is 0. The Morgan fingerprint density at radius 1 is 1.24 bits per heavy atom. The molecule has 0 heterocycles. The van der Waals surface area contributed by atoms with E-state index in [1.807, 2.05) is 13.0 Å². The van der Waals surface area contributed by atoms with Crippen LogP contribution in [-0.4, -0.2) is 8.42 Å². The molecule has 0 radical (unpaired) electrons. The number of anilines is 2. The lowest BCUT2D eigenvalue weighted by atomic mass is 10.2. The number of sulfonamides is 1. The van der Waals surface area contributed by atoms with E-state index in [0.29, 0.717) is 10.2 Å². The van der Waals surface area contributed by atoms with Crippen LogP contribution < -0.4 is 10.5 Å². The van der Waals surface area contributed by atoms with Crippen LogP contribution in [0.4, 0.5) is 15.8 Å². The van der Waals surface area contributed by atoms with Gasteiger partial charge in [-0.2, -0.15) is 0 Å². The molecule has 0 saturated heterocycles. The molecule has 2 rings (SSSR count). The van der Waals surface area contributed by atoms with Crippen molar-refractivity contribution in [1.82, 2.24) is 0 Å². The SMILES string of the molecule is Cc1cccc(NS(=O)(=O)c2cc(N)c(F)cc2Br)c1Br. The molecule has 0 aromatic heterocycles. The molecule has 0 aliphatic carbocycles. The van der Waals surface area contributed by atoms with Crippen LogP contribution in [0.3, 0.4) is 0 Å². The third-order valence-electron chi connectivity index (χ3n) is 2.78.